The van der Waals surface area contributed by atoms with Gasteiger partial charge in [0.1, 0.15) is 0 Å². The van der Waals surface area contributed by atoms with Gasteiger partial charge in [-0.25, -0.2) is 0 Å². The van der Waals surface area contributed by atoms with Crippen LogP contribution in [0.15, 0.2) is 0 Å². The van der Waals surface area contributed by atoms with Crippen LogP contribution in [-0.2, 0) is 56.5 Å². The van der Waals surface area contributed by atoms with Crippen LogP contribution in [0.5, 0.6) is 0 Å². The fourth-order valence-electron chi connectivity index (χ4n) is 11.0. The summed E-state index contributed by atoms with van der Waals surface area (Å²) in [4.78, 5) is 0. The molecule has 0 saturated heterocycles. The molecule has 0 fully saturated rings. The topological polar surface area (TPSA) is 265 Å². The van der Waals surface area contributed by atoms with E-state index in [0.29, 0.717) is 38.5 Å². The summed E-state index contributed by atoms with van der Waals surface area (Å²) in [7, 11) is 0. The van der Waals surface area contributed by atoms with Gasteiger partial charge in [0.2, 0.25) is 0 Å². The SMILES string of the molecule is CCCCCCCCCCCCCCCCCO[P](CO)(OCO)(OCO)[Mo]([P](CO)(OCO)(OCO)OCCCCCCCCCCCCCCCCC)[P](CO)(OCO)(OCO)OCCCCCCCCCCCCCCCCC. The van der Waals surface area contributed by atoms with E-state index < -0.39 is 91.7 Å². The Morgan fingerprint density at radius 2 is 0.329 bits per heavy atom. The molecule has 18 nitrogen and oxygen atoms in total. The molecular formula is C60H132MoO18P3. The fourth-order valence-corrected chi connectivity index (χ4v) is 97.0. The maximum absolute atomic E-state index is 12.1. The van der Waals surface area contributed by atoms with Crippen molar-refractivity contribution in [1.29, 1.82) is 0 Å². The Labute approximate surface area is 505 Å². The molecule has 0 spiro atoms. The molecule has 0 amide bonds. The monoisotopic (exact) mass is 1330 g/mol. The molecule has 82 heavy (non-hydrogen) atoms. The first-order valence-corrected chi connectivity index (χ1v) is 47.6. The zero-order valence-electron chi connectivity index (χ0n) is 52.8. The van der Waals surface area contributed by atoms with Crippen LogP contribution in [0.2, 0.25) is 0 Å². The fraction of sp³-hybridized carbons (Fsp3) is 1.00. The molecule has 0 radical (unpaired) electrons. The van der Waals surface area contributed by atoms with Crippen molar-refractivity contribution in [3.8, 4) is 0 Å². The molecule has 0 saturated carbocycles. The van der Waals surface area contributed by atoms with Crippen LogP contribution in [0.3, 0.4) is 0 Å². The van der Waals surface area contributed by atoms with Crippen molar-refractivity contribution in [1.82, 2.24) is 0 Å². The zero-order chi connectivity index (χ0) is 60.6. The minimum Gasteiger partial charge on any atom is -0.0654 e. The number of aliphatic hydroxyl groups excluding tert-OH is 9. The molecule has 0 aliphatic rings. The summed E-state index contributed by atoms with van der Waals surface area (Å²) >= 11 is -5.67. The van der Waals surface area contributed by atoms with E-state index in [-0.39, 0.29) is 19.8 Å². The molecule has 0 heterocycles. The standard InChI is InChI=1S/3C20H44O6P.Mo/c3*1-2-3-4-5-6-7-8-9-10-11-12-13-14-15-16-17-24-27(20-23,25-18-21)26-19-22;/h3*21-23H,2-20H2,1H3;/q3*+1;-3. The van der Waals surface area contributed by atoms with E-state index in [9.17, 15) is 46.0 Å². The summed E-state index contributed by atoms with van der Waals surface area (Å²) in [6.45, 7) is -1.68. The first kappa shape index (κ1) is 83.3. The summed E-state index contributed by atoms with van der Waals surface area (Å²) in [6, 6.07) is 0. The first-order chi connectivity index (χ1) is 40.1. The van der Waals surface area contributed by atoms with E-state index in [1.165, 1.54) is 173 Å². The zero-order valence-corrected chi connectivity index (χ0v) is 57.4. The van der Waals surface area contributed by atoms with Gasteiger partial charge in [0.05, 0.1) is 0 Å². The van der Waals surface area contributed by atoms with Crippen LogP contribution >= 0.6 is 16.1 Å². The predicted octanol–water partition coefficient (Wildman–Crippen LogP) is 16.6. The number of aliphatic hydroxyl groups is 9. The van der Waals surface area contributed by atoms with E-state index >= 15 is 0 Å². The van der Waals surface area contributed by atoms with Crippen molar-refractivity contribution in [3.05, 3.63) is 0 Å². The second-order valence-corrected chi connectivity index (χ2v) is 59.8. The Bertz CT molecular complexity index is 1210. The van der Waals surface area contributed by atoms with Crippen molar-refractivity contribution in [2.45, 2.75) is 310 Å². The Kier molecular flexibility index (Phi) is 54.9. The number of hydrogen-bond acceptors (Lipinski definition) is 18. The van der Waals surface area contributed by atoms with Crippen molar-refractivity contribution < 1.29 is 102 Å². The van der Waals surface area contributed by atoms with Gasteiger partial charge in [0, 0.05) is 0 Å². The Hall–Kier alpha value is 1.26. The van der Waals surface area contributed by atoms with Crippen LogP contribution in [0.4, 0.5) is 0 Å². The van der Waals surface area contributed by atoms with Crippen molar-refractivity contribution in [2.24, 2.45) is 0 Å². The van der Waals surface area contributed by atoms with Gasteiger partial charge in [-0.2, -0.15) is 0 Å². The second-order valence-electron chi connectivity index (χ2n) is 22.5. The smallest absolute Gasteiger partial charge is 0.0654 e. The van der Waals surface area contributed by atoms with E-state index in [2.05, 4.69) is 20.8 Å². The van der Waals surface area contributed by atoms with Crippen LogP contribution < -0.4 is 0 Å². The third kappa shape index (κ3) is 32.3. The summed E-state index contributed by atoms with van der Waals surface area (Å²) in [5.41, 5.74) is 0. The third-order valence-corrected chi connectivity index (χ3v) is 81.9. The predicted molar refractivity (Wildman–Crippen MR) is 334 cm³/mol. The first-order valence-electron chi connectivity index (χ1n) is 33.2. The van der Waals surface area contributed by atoms with E-state index in [1.807, 2.05) is 0 Å². The minimum absolute atomic E-state index is 0.265. The van der Waals surface area contributed by atoms with Gasteiger partial charge in [0.15, 0.2) is 0 Å². The molecule has 22 heteroatoms. The Morgan fingerprint density at radius 1 is 0.195 bits per heavy atom. The number of hydrogen-bond donors (Lipinski definition) is 9. The van der Waals surface area contributed by atoms with Crippen LogP contribution in [0, 0.1) is 0 Å². The van der Waals surface area contributed by atoms with Gasteiger partial charge >= 0.3 is 391 Å². The van der Waals surface area contributed by atoms with Gasteiger partial charge in [-0.05, 0) is 0 Å². The molecule has 501 valence electrons. The number of rotatable bonds is 69. The summed E-state index contributed by atoms with van der Waals surface area (Å²) in [5, 5.41) is 83.9. The molecule has 0 aromatic carbocycles. The molecule has 0 atom stereocenters. The van der Waals surface area contributed by atoms with Crippen molar-refractivity contribution in [3.63, 3.8) is 0 Å². The quantitative estimate of drug-likeness (QED) is 0.0119. The average molecular weight is 1330 g/mol. The molecule has 9 N–H and O–H groups in total. The van der Waals surface area contributed by atoms with E-state index in [4.69, 9.17) is 40.7 Å². The van der Waals surface area contributed by atoms with E-state index in [1.54, 1.807) is 0 Å². The average Bonchev–Trinajstić information content (AvgIpc) is 3.48. The molecule has 0 unspecified atom stereocenters. The van der Waals surface area contributed by atoms with Gasteiger partial charge in [-0.1, -0.05) is 117 Å². The third-order valence-electron chi connectivity index (χ3n) is 15.7. The van der Waals surface area contributed by atoms with Gasteiger partial charge in [-0.15, -0.1) is 0 Å². The summed E-state index contributed by atoms with van der Waals surface area (Å²) < 4.78 is 57.8. The minimum atomic E-state index is -6.10. The van der Waals surface area contributed by atoms with E-state index in [0.717, 1.165) is 77.0 Å². The van der Waals surface area contributed by atoms with Gasteiger partial charge in [-0.3, -0.25) is 0 Å². The second kappa shape index (κ2) is 54.0. The van der Waals surface area contributed by atoms with Gasteiger partial charge < -0.3 is 0 Å². The molecule has 0 bridgehead atoms. The van der Waals surface area contributed by atoms with Gasteiger partial charge in [0.25, 0.3) is 0 Å². The number of unbranched alkanes of at least 4 members (excludes halogenated alkanes) is 42. The molecule has 0 aliphatic carbocycles. The molecule has 0 aliphatic heterocycles. The maximum atomic E-state index is 12.1. The molecular weight excluding hydrogens is 1200 g/mol. The Morgan fingerprint density at radius 3 is 0.451 bits per heavy atom. The van der Waals surface area contributed by atoms with Crippen molar-refractivity contribution in [2.75, 3.05) is 79.6 Å². The molecule has 0 aromatic heterocycles. The normalized spacial score (nSPS) is 14.1. The van der Waals surface area contributed by atoms with Crippen LogP contribution in [0.25, 0.3) is 0 Å². The Balaban J connectivity index is 6.92. The molecule has 0 aromatic rings. The van der Waals surface area contributed by atoms with Crippen molar-refractivity contribution >= 4 is 16.1 Å². The summed E-state index contributed by atoms with van der Waals surface area (Å²) in [6.07, 6.45) is 45.2. The van der Waals surface area contributed by atoms with Crippen LogP contribution in [0.1, 0.15) is 310 Å². The summed E-state index contributed by atoms with van der Waals surface area (Å²) in [5.74, 6) is 0. The van der Waals surface area contributed by atoms with Crippen LogP contribution in [-0.4, -0.2) is 126 Å². The molecule has 0 rings (SSSR count).